The predicted octanol–water partition coefficient (Wildman–Crippen LogP) is 6.01. The van der Waals surface area contributed by atoms with Crippen molar-refractivity contribution in [1.82, 2.24) is 5.32 Å². The molecular weight excluding hydrogens is 311 g/mol. The lowest BCUT2D eigenvalue weighted by Crippen LogP contribution is -2.30. The molecule has 0 aliphatic carbocycles. The Labute approximate surface area is 142 Å². The maximum atomic E-state index is 12.7. The number of halogens is 3. The van der Waals surface area contributed by atoms with Crippen LogP contribution in [0.2, 0.25) is 0 Å². The number of hydrogen-bond acceptors (Lipinski definition) is 1. The van der Waals surface area contributed by atoms with Crippen molar-refractivity contribution in [3.8, 4) is 0 Å². The number of alkyl halides is 3. The van der Waals surface area contributed by atoms with Gasteiger partial charge in [-0.05, 0) is 37.5 Å². The van der Waals surface area contributed by atoms with Crippen molar-refractivity contribution in [3.05, 3.63) is 71.3 Å². The average molecular weight is 337 g/mol. The molecule has 0 bridgehead atoms. The summed E-state index contributed by atoms with van der Waals surface area (Å²) < 4.78 is 38.2. The summed E-state index contributed by atoms with van der Waals surface area (Å²) in [6, 6.07) is 15.8. The zero-order valence-corrected chi connectivity index (χ0v) is 14.7. The molecule has 0 saturated carbocycles. The fourth-order valence-corrected chi connectivity index (χ4v) is 2.55. The van der Waals surface area contributed by atoms with Crippen LogP contribution in [0.1, 0.15) is 50.4 Å². The van der Waals surface area contributed by atoms with Crippen molar-refractivity contribution in [2.75, 3.05) is 0 Å². The topological polar surface area (TPSA) is 12.0 Å². The fraction of sp³-hybridized carbons (Fsp3) is 0.400. The first-order chi connectivity index (χ1) is 11.4. The van der Waals surface area contributed by atoms with E-state index in [1.165, 1.54) is 17.7 Å². The van der Waals surface area contributed by atoms with E-state index in [0.29, 0.717) is 12.0 Å². The van der Waals surface area contributed by atoms with E-state index in [9.17, 15) is 13.2 Å². The van der Waals surface area contributed by atoms with Crippen molar-refractivity contribution < 1.29 is 13.2 Å². The van der Waals surface area contributed by atoms with Crippen LogP contribution in [0.3, 0.4) is 0 Å². The number of rotatable bonds is 5. The maximum absolute atomic E-state index is 12.7. The number of hydrogen-bond donors (Lipinski definition) is 1. The summed E-state index contributed by atoms with van der Waals surface area (Å²) in [5.74, 6) is 0. The molecule has 0 aliphatic rings. The SMILES string of the molecule is CC.CC(Cc1cccc(C(F)(F)F)c1)NC(C)c1ccccc1. The Kier molecular flexibility index (Phi) is 7.99. The van der Waals surface area contributed by atoms with E-state index in [0.717, 1.165) is 6.07 Å². The van der Waals surface area contributed by atoms with Gasteiger partial charge in [-0.2, -0.15) is 13.2 Å². The molecule has 4 heteroatoms. The first-order valence-corrected chi connectivity index (χ1v) is 8.33. The van der Waals surface area contributed by atoms with Crippen LogP contribution in [0.15, 0.2) is 54.6 Å². The highest BCUT2D eigenvalue weighted by Crippen LogP contribution is 2.29. The van der Waals surface area contributed by atoms with Crippen LogP contribution in [0, 0.1) is 0 Å². The van der Waals surface area contributed by atoms with Gasteiger partial charge in [0.2, 0.25) is 0 Å². The Morgan fingerprint density at radius 3 is 2.12 bits per heavy atom. The summed E-state index contributed by atoms with van der Waals surface area (Å²) in [5.41, 5.74) is 1.27. The first-order valence-electron chi connectivity index (χ1n) is 8.33. The van der Waals surface area contributed by atoms with Gasteiger partial charge < -0.3 is 5.32 Å². The van der Waals surface area contributed by atoms with Gasteiger partial charge in [0.15, 0.2) is 0 Å². The molecule has 132 valence electrons. The number of benzene rings is 2. The molecule has 0 saturated heterocycles. The highest BCUT2D eigenvalue weighted by atomic mass is 19.4. The van der Waals surface area contributed by atoms with E-state index in [1.54, 1.807) is 6.07 Å². The van der Waals surface area contributed by atoms with Gasteiger partial charge in [-0.1, -0.05) is 62.4 Å². The van der Waals surface area contributed by atoms with E-state index in [2.05, 4.69) is 12.2 Å². The van der Waals surface area contributed by atoms with Crippen LogP contribution in [-0.2, 0) is 12.6 Å². The Hall–Kier alpha value is -1.81. The molecule has 2 atom stereocenters. The molecule has 24 heavy (non-hydrogen) atoms. The molecule has 1 N–H and O–H groups in total. The largest absolute Gasteiger partial charge is 0.416 e. The van der Waals surface area contributed by atoms with Gasteiger partial charge in [0.1, 0.15) is 0 Å². The lowest BCUT2D eigenvalue weighted by molar-refractivity contribution is -0.137. The lowest BCUT2D eigenvalue weighted by Gasteiger charge is -2.21. The molecule has 1 nitrogen and oxygen atoms in total. The summed E-state index contributed by atoms with van der Waals surface area (Å²) in [6.07, 6.45) is -3.73. The Balaban J connectivity index is 0.00000139. The van der Waals surface area contributed by atoms with Crippen molar-refractivity contribution in [2.24, 2.45) is 0 Å². The van der Waals surface area contributed by atoms with Crippen LogP contribution >= 0.6 is 0 Å². The quantitative estimate of drug-likeness (QED) is 0.704. The molecule has 2 aromatic rings. The zero-order valence-electron chi connectivity index (χ0n) is 14.7. The smallest absolute Gasteiger partial charge is 0.307 e. The highest BCUT2D eigenvalue weighted by Gasteiger charge is 2.30. The fourth-order valence-electron chi connectivity index (χ4n) is 2.55. The Morgan fingerprint density at radius 1 is 0.917 bits per heavy atom. The van der Waals surface area contributed by atoms with Crippen LogP contribution in [0.25, 0.3) is 0 Å². The van der Waals surface area contributed by atoms with Crippen LogP contribution < -0.4 is 5.32 Å². The normalized spacial score (nSPS) is 13.6. The molecule has 2 aromatic carbocycles. The third-order valence-electron chi connectivity index (χ3n) is 3.63. The minimum Gasteiger partial charge on any atom is -0.307 e. The molecule has 2 unspecified atom stereocenters. The molecule has 0 aromatic heterocycles. The van der Waals surface area contributed by atoms with E-state index in [1.807, 2.05) is 51.1 Å². The minimum absolute atomic E-state index is 0.0821. The lowest BCUT2D eigenvalue weighted by atomic mass is 10.0. The third-order valence-corrected chi connectivity index (χ3v) is 3.63. The van der Waals surface area contributed by atoms with E-state index in [4.69, 9.17) is 0 Å². The summed E-state index contributed by atoms with van der Waals surface area (Å²) in [7, 11) is 0. The maximum Gasteiger partial charge on any atom is 0.416 e. The van der Waals surface area contributed by atoms with Crippen LogP contribution in [0.5, 0.6) is 0 Å². The van der Waals surface area contributed by atoms with Crippen molar-refractivity contribution in [1.29, 1.82) is 0 Å². The van der Waals surface area contributed by atoms with Gasteiger partial charge in [-0.15, -0.1) is 0 Å². The van der Waals surface area contributed by atoms with Crippen molar-refractivity contribution in [2.45, 2.75) is 52.4 Å². The predicted molar refractivity (Wildman–Crippen MR) is 94.0 cm³/mol. The molecular formula is C20H26F3N. The van der Waals surface area contributed by atoms with Gasteiger partial charge in [-0.25, -0.2) is 0 Å². The van der Waals surface area contributed by atoms with Gasteiger partial charge >= 0.3 is 6.18 Å². The van der Waals surface area contributed by atoms with E-state index in [-0.39, 0.29) is 12.1 Å². The van der Waals surface area contributed by atoms with E-state index >= 15 is 0 Å². The Bertz CT molecular complexity index is 593. The third kappa shape index (κ3) is 6.36. The first kappa shape index (κ1) is 20.2. The highest BCUT2D eigenvalue weighted by molar-refractivity contribution is 5.26. The van der Waals surface area contributed by atoms with Gasteiger partial charge in [-0.3, -0.25) is 0 Å². The standard InChI is InChI=1S/C18H20F3N.C2H6/c1-13(22-14(2)16-8-4-3-5-9-16)11-15-7-6-10-17(12-15)18(19,20)21;1-2/h3-10,12-14,22H,11H2,1-2H3;1-2H3. The minimum atomic E-state index is -4.29. The van der Waals surface area contributed by atoms with Crippen molar-refractivity contribution >= 4 is 0 Å². The van der Waals surface area contributed by atoms with Crippen molar-refractivity contribution in [3.63, 3.8) is 0 Å². The molecule has 0 aliphatic heterocycles. The summed E-state index contributed by atoms with van der Waals surface area (Å²) in [5, 5.41) is 3.42. The summed E-state index contributed by atoms with van der Waals surface area (Å²) >= 11 is 0. The molecule has 0 radical (unpaired) electrons. The molecule has 0 amide bonds. The van der Waals surface area contributed by atoms with Crippen LogP contribution in [0.4, 0.5) is 13.2 Å². The van der Waals surface area contributed by atoms with Gasteiger partial charge in [0, 0.05) is 12.1 Å². The molecule has 2 rings (SSSR count). The van der Waals surface area contributed by atoms with Crippen LogP contribution in [-0.4, -0.2) is 6.04 Å². The Morgan fingerprint density at radius 2 is 1.54 bits per heavy atom. The van der Waals surface area contributed by atoms with E-state index < -0.39 is 11.7 Å². The second-order valence-electron chi connectivity index (χ2n) is 5.60. The average Bonchev–Trinajstić information content (AvgIpc) is 2.57. The summed E-state index contributed by atoms with van der Waals surface area (Å²) in [4.78, 5) is 0. The summed E-state index contributed by atoms with van der Waals surface area (Å²) in [6.45, 7) is 8.04. The number of nitrogens with one attached hydrogen (secondary N) is 1. The monoisotopic (exact) mass is 337 g/mol. The second kappa shape index (κ2) is 9.48. The van der Waals surface area contributed by atoms with Gasteiger partial charge in [0.05, 0.1) is 5.56 Å². The molecule has 0 heterocycles. The molecule has 0 spiro atoms. The molecule has 0 fully saturated rings. The second-order valence-corrected chi connectivity index (χ2v) is 5.60. The zero-order chi connectivity index (χ0) is 18.2. The van der Waals surface area contributed by atoms with Gasteiger partial charge in [0.25, 0.3) is 0 Å².